The lowest BCUT2D eigenvalue weighted by atomic mass is 9.82. The first kappa shape index (κ1) is 20.4. The number of hydrogen-bond donors (Lipinski definition) is 1. The van der Waals surface area contributed by atoms with Gasteiger partial charge in [0.05, 0.1) is 44.5 Å². The number of allylic oxidation sites excluding steroid dienone is 1. The maximum absolute atomic E-state index is 12.6. The van der Waals surface area contributed by atoms with Crippen molar-refractivity contribution in [3.05, 3.63) is 46.8 Å². The summed E-state index contributed by atoms with van der Waals surface area (Å²) in [5.74, 6) is -0.590. The van der Waals surface area contributed by atoms with E-state index in [1.165, 1.54) is 7.11 Å². The molecule has 1 aliphatic rings. The molecular weight excluding hydrogens is 350 g/mol. The number of carbonyl (C=O) groups excluding carboxylic acids is 2. The van der Waals surface area contributed by atoms with Crippen molar-refractivity contribution in [2.24, 2.45) is 0 Å². The zero-order chi connectivity index (χ0) is 20.0. The lowest BCUT2D eigenvalue weighted by molar-refractivity contribution is -0.139. The summed E-state index contributed by atoms with van der Waals surface area (Å²) in [6, 6.07) is 5.27. The van der Waals surface area contributed by atoms with E-state index in [1.54, 1.807) is 52.3 Å². The van der Waals surface area contributed by atoms with E-state index in [-0.39, 0.29) is 13.2 Å². The molecule has 7 nitrogen and oxygen atoms in total. The molecule has 0 spiro atoms. The van der Waals surface area contributed by atoms with Crippen molar-refractivity contribution in [3.8, 4) is 11.5 Å². The highest BCUT2D eigenvalue weighted by Gasteiger charge is 2.36. The van der Waals surface area contributed by atoms with Gasteiger partial charge >= 0.3 is 11.9 Å². The fourth-order valence-corrected chi connectivity index (χ4v) is 2.97. The van der Waals surface area contributed by atoms with Crippen molar-refractivity contribution in [2.45, 2.75) is 26.7 Å². The molecule has 2 rings (SSSR count). The van der Waals surface area contributed by atoms with E-state index in [9.17, 15) is 9.59 Å². The highest BCUT2D eigenvalue weighted by Crippen LogP contribution is 2.40. The number of carbonyl (C=O) groups is 2. The molecule has 0 aliphatic carbocycles. The Bertz CT molecular complexity index is 781. The first-order valence-electron chi connectivity index (χ1n) is 8.71. The van der Waals surface area contributed by atoms with Gasteiger partial charge in [0.25, 0.3) is 0 Å². The molecule has 0 saturated carbocycles. The molecule has 146 valence electrons. The van der Waals surface area contributed by atoms with E-state index in [0.717, 1.165) is 0 Å². The number of nitrogens with one attached hydrogen (secondary N) is 1. The van der Waals surface area contributed by atoms with E-state index >= 15 is 0 Å². The second-order valence-electron chi connectivity index (χ2n) is 5.77. The standard InChI is InChI=1S/C20H25NO6/c1-6-26-19(22)14-11-21-12(3)17(20(23)27-7-2)18(14)13-8-9-15(24-4)16(10-13)25-5/h8-11,18,21H,6-7H2,1-5H3. The molecule has 1 N–H and O–H groups in total. The smallest absolute Gasteiger partial charge is 0.336 e. The molecular formula is C20H25NO6. The molecule has 1 aromatic carbocycles. The lowest BCUT2D eigenvalue weighted by Gasteiger charge is -2.28. The Morgan fingerprint density at radius 1 is 1.00 bits per heavy atom. The Hall–Kier alpha value is -2.96. The third-order valence-corrected chi connectivity index (χ3v) is 4.20. The largest absolute Gasteiger partial charge is 0.493 e. The summed E-state index contributed by atoms with van der Waals surface area (Å²) in [5, 5.41) is 2.97. The van der Waals surface area contributed by atoms with Gasteiger partial charge in [-0.2, -0.15) is 0 Å². The molecule has 0 saturated heterocycles. The highest BCUT2D eigenvalue weighted by molar-refractivity contribution is 5.99. The number of rotatable bonds is 7. The van der Waals surface area contributed by atoms with Gasteiger partial charge in [0.15, 0.2) is 11.5 Å². The van der Waals surface area contributed by atoms with E-state index in [1.807, 2.05) is 0 Å². The minimum atomic E-state index is -0.649. The Kier molecular flexibility index (Phi) is 6.87. The van der Waals surface area contributed by atoms with Gasteiger partial charge in [0, 0.05) is 11.9 Å². The monoisotopic (exact) mass is 375 g/mol. The zero-order valence-electron chi connectivity index (χ0n) is 16.3. The van der Waals surface area contributed by atoms with Gasteiger partial charge in [-0.15, -0.1) is 0 Å². The van der Waals surface area contributed by atoms with Crippen LogP contribution in [0.4, 0.5) is 0 Å². The van der Waals surface area contributed by atoms with Crippen molar-refractivity contribution < 1.29 is 28.5 Å². The van der Waals surface area contributed by atoms with Crippen LogP contribution >= 0.6 is 0 Å². The van der Waals surface area contributed by atoms with E-state index in [0.29, 0.717) is 33.9 Å². The molecule has 1 atom stereocenters. The van der Waals surface area contributed by atoms with E-state index in [2.05, 4.69) is 5.32 Å². The second kappa shape index (κ2) is 9.12. The average molecular weight is 375 g/mol. The fraction of sp³-hybridized carbons (Fsp3) is 0.400. The first-order chi connectivity index (χ1) is 13.0. The van der Waals surface area contributed by atoms with Gasteiger partial charge < -0.3 is 24.3 Å². The summed E-state index contributed by atoms with van der Waals surface area (Å²) in [6.07, 6.45) is 1.57. The van der Waals surface area contributed by atoms with Crippen LogP contribution in [0.5, 0.6) is 11.5 Å². The Balaban J connectivity index is 2.60. The summed E-state index contributed by atoms with van der Waals surface area (Å²) in [4.78, 5) is 25.2. The predicted octanol–water partition coefficient (Wildman–Crippen LogP) is 2.67. The van der Waals surface area contributed by atoms with Crippen LogP contribution in [0.2, 0.25) is 0 Å². The number of ether oxygens (including phenoxy) is 4. The maximum atomic E-state index is 12.6. The second-order valence-corrected chi connectivity index (χ2v) is 5.77. The van der Waals surface area contributed by atoms with Gasteiger partial charge in [0.1, 0.15) is 0 Å². The third kappa shape index (κ3) is 4.24. The molecule has 0 aromatic heterocycles. The van der Waals surface area contributed by atoms with Crippen LogP contribution < -0.4 is 14.8 Å². The van der Waals surface area contributed by atoms with Crippen LogP contribution in [0.1, 0.15) is 32.3 Å². The van der Waals surface area contributed by atoms with Gasteiger partial charge in [-0.3, -0.25) is 0 Å². The number of methoxy groups -OCH3 is 2. The predicted molar refractivity (Wildman–Crippen MR) is 99.5 cm³/mol. The van der Waals surface area contributed by atoms with Gasteiger partial charge in [-0.1, -0.05) is 6.07 Å². The summed E-state index contributed by atoms with van der Waals surface area (Å²) >= 11 is 0. The van der Waals surface area contributed by atoms with Gasteiger partial charge in [-0.05, 0) is 38.5 Å². The molecule has 1 heterocycles. The highest BCUT2D eigenvalue weighted by atomic mass is 16.5. The van der Waals surface area contributed by atoms with Gasteiger partial charge in [0.2, 0.25) is 0 Å². The van der Waals surface area contributed by atoms with Crippen LogP contribution in [0.3, 0.4) is 0 Å². The van der Waals surface area contributed by atoms with Crippen molar-refractivity contribution in [2.75, 3.05) is 27.4 Å². The number of benzene rings is 1. The Morgan fingerprint density at radius 3 is 2.22 bits per heavy atom. The molecule has 0 fully saturated rings. The van der Waals surface area contributed by atoms with Crippen molar-refractivity contribution in [1.29, 1.82) is 0 Å². The SMILES string of the molecule is CCOC(=O)C1=CNC(C)=C(C(=O)OCC)C1c1ccc(OC)c(OC)c1. The van der Waals surface area contributed by atoms with E-state index in [4.69, 9.17) is 18.9 Å². The summed E-state index contributed by atoms with van der Waals surface area (Å²) in [5.41, 5.74) is 1.98. The van der Waals surface area contributed by atoms with Crippen LogP contribution in [0, 0.1) is 0 Å². The molecule has 27 heavy (non-hydrogen) atoms. The molecule has 1 aromatic rings. The van der Waals surface area contributed by atoms with Crippen molar-refractivity contribution in [1.82, 2.24) is 5.32 Å². The molecule has 1 unspecified atom stereocenters. The van der Waals surface area contributed by atoms with Crippen molar-refractivity contribution >= 4 is 11.9 Å². The summed E-state index contributed by atoms with van der Waals surface area (Å²) in [6.45, 7) is 5.68. The molecule has 7 heteroatoms. The lowest BCUT2D eigenvalue weighted by Crippen LogP contribution is -2.29. The summed E-state index contributed by atoms with van der Waals surface area (Å²) < 4.78 is 21.1. The Labute approximate surface area is 158 Å². The number of hydrogen-bond acceptors (Lipinski definition) is 7. The van der Waals surface area contributed by atoms with Crippen LogP contribution in [0.25, 0.3) is 0 Å². The minimum Gasteiger partial charge on any atom is -0.493 e. The topological polar surface area (TPSA) is 83.1 Å². The molecule has 0 bridgehead atoms. The van der Waals surface area contributed by atoms with Crippen LogP contribution in [-0.2, 0) is 19.1 Å². The number of esters is 2. The third-order valence-electron chi connectivity index (χ3n) is 4.20. The zero-order valence-corrected chi connectivity index (χ0v) is 16.3. The molecule has 0 amide bonds. The first-order valence-corrected chi connectivity index (χ1v) is 8.71. The van der Waals surface area contributed by atoms with Crippen LogP contribution in [-0.4, -0.2) is 39.4 Å². The van der Waals surface area contributed by atoms with Gasteiger partial charge in [-0.25, -0.2) is 9.59 Å². The molecule has 1 aliphatic heterocycles. The quantitative estimate of drug-likeness (QED) is 0.734. The van der Waals surface area contributed by atoms with Crippen molar-refractivity contribution in [3.63, 3.8) is 0 Å². The van der Waals surface area contributed by atoms with E-state index < -0.39 is 17.9 Å². The summed E-state index contributed by atoms with van der Waals surface area (Å²) in [7, 11) is 3.07. The van der Waals surface area contributed by atoms with Crippen LogP contribution in [0.15, 0.2) is 41.2 Å². The minimum absolute atomic E-state index is 0.228. The fourth-order valence-electron chi connectivity index (χ4n) is 2.97. The maximum Gasteiger partial charge on any atom is 0.336 e. The normalized spacial score (nSPS) is 16.2. The number of dihydropyridines is 1. The average Bonchev–Trinajstić information content (AvgIpc) is 2.67. The molecule has 0 radical (unpaired) electrons. The Morgan fingerprint density at radius 2 is 1.63 bits per heavy atom.